The fourth-order valence-corrected chi connectivity index (χ4v) is 2.01. The third-order valence-electron chi connectivity index (χ3n) is 3.03. The van der Waals surface area contributed by atoms with Crippen molar-refractivity contribution < 1.29 is 17.9 Å². The van der Waals surface area contributed by atoms with Gasteiger partial charge in [-0.1, -0.05) is 6.92 Å². The highest BCUT2D eigenvalue weighted by molar-refractivity contribution is 4.87. The van der Waals surface area contributed by atoms with Gasteiger partial charge in [0.15, 0.2) is 0 Å². The second kappa shape index (κ2) is 5.33. The number of ether oxygens (including phenoxy) is 1. The number of alkyl halides is 3. The molecule has 1 unspecified atom stereocenters. The van der Waals surface area contributed by atoms with E-state index in [0.717, 1.165) is 6.42 Å². The highest BCUT2D eigenvalue weighted by atomic mass is 19.4. The fourth-order valence-electron chi connectivity index (χ4n) is 2.01. The Morgan fingerprint density at radius 1 is 1.44 bits per heavy atom. The van der Waals surface area contributed by atoms with Gasteiger partial charge in [0.1, 0.15) is 0 Å². The van der Waals surface area contributed by atoms with Crippen LogP contribution in [0.2, 0.25) is 0 Å². The molecule has 3 nitrogen and oxygen atoms in total. The first-order chi connectivity index (χ1) is 7.41. The first-order valence-electron chi connectivity index (χ1n) is 5.48. The number of nitrogens with two attached hydrogens (primary N) is 1. The van der Waals surface area contributed by atoms with Crippen LogP contribution in [0, 0.1) is 5.41 Å². The normalized spacial score (nSPS) is 26.6. The van der Waals surface area contributed by atoms with Gasteiger partial charge in [0.05, 0.1) is 13.2 Å². The van der Waals surface area contributed by atoms with Gasteiger partial charge in [0.25, 0.3) is 0 Å². The molecule has 0 bridgehead atoms. The van der Waals surface area contributed by atoms with Crippen molar-refractivity contribution in [2.75, 3.05) is 39.4 Å². The molecule has 0 spiro atoms. The Balaban J connectivity index is 2.54. The Morgan fingerprint density at radius 3 is 2.50 bits per heavy atom. The molecule has 1 rings (SSSR count). The highest BCUT2D eigenvalue weighted by Crippen LogP contribution is 2.29. The van der Waals surface area contributed by atoms with E-state index in [1.165, 1.54) is 4.90 Å². The van der Waals surface area contributed by atoms with Crippen molar-refractivity contribution in [1.82, 2.24) is 4.90 Å². The molecule has 0 aliphatic carbocycles. The van der Waals surface area contributed by atoms with Crippen molar-refractivity contribution in [2.45, 2.75) is 19.5 Å². The van der Waals surface area contributed by atoms with Crippen LogP contribution in [0.25, 0.3) is 0 Å². The minimum Gasteiger partial charge on any atom is -0.381 e. The van der Waals surface area contributed by atoms with Crippen molar-refractivity contribution in [1.29, 1.82) is 0 Å². The number of nitrogens with zero attached hydrogens (tertiary/aromatic N) is 1. The molecular weight excluding hydrogens is 221 g/mol. The smallest absolute Gasteiger partial charge is 0.381 e. The van der Waals surface area contributed by atoms with E-state index in [4.69, 9.17) is 10.5 Å². The van der Waals surface area contributed by atoms with E-state index >= 15 is 0 Å². The number of halogens is 3. The quantitative estimate of drug-likeness (QED) is 0.785. The number of hydrogen-bond donors (Lipinski definition) is 1. The summed E-state index contributed by atoms with van der Waals surface area (Å²) in [5.41, 5.74) is 5.36. The lowest BCUT2D eigenvalue weighted by atomic mass is 9.87. The van der Waals surface area contributed by atoms with Crippen LogP contribution >= 0.6 is 0 Å². The maximum absolute atomic E-state index is 12.3. The third kappa shape index (κ3) is 3.92. The highest BCUT2D eigenvalue weighted by Gasteiger charge is 2.38. The summed E-state index contributed by atoms with van der Waals surface area (Å²) in [5.74, 6) is 0. The van der Waals surface area contributed by atoms with E-state index in [9.17, 15) is 13.2 Å². The molecule has 2 N–H and O–H groups in total. The van der Waals surface area contributed by atoms with Gasteiger partial charge in [-0.3, -0.25) is 4.90 Å². The van der Waals surface area contributed by atoms with E-state index in [0.29, 0.717) is 32.8 Å². The maximum atomic E-state index is 12.3. The molecule has 1 atom stereocenters. The van der Waals surface area contributed by atoms with Crippen molar-refractivity contribution in [2.24, 2.45) is 11.1 Å². The molecule has 6 heteroatoms. The summed E-state index contributed by atoms with van der Waals surface area (Å²) in [7, 11) is 0. The Morgan fingerprint density at radius 2 is 2.12 bits per heavy atom. The Labute approximate surface area is 93.7 Å². The van der Waals surface area contributed by atoms with E-state index in [2.05, 4.69) is 0 Å². The molecule has 16 heavy (non-hydrogen) atoms. The van der Waals surface area contributed by atoms with Gasteiger partial charge in [-0.05, 0) is 13.0 Å². The molecule has 1 aliphatic heterocycles. The van der Waals surface area contributed by atoms with Gasteiger partial charge in [-0.25, -0.2) is 0 Å². The van der Waals surface area contributed by atoms with Crippen LogP contribution in [-0.2, 0) is 4.74 Å². The van der Waals surface area contributed by atoms with Crippen molar-refractivity contribution >= 4 is 0 Å². The van der Waals surface area contributed by atoms with E-state index in [1.807, 2.05) is 0 Å². The monoisotopic (exact) mass is 240 g/mol. The Bertz CT molecular complexity index is 215. The SMILES string of the molecule is CCN(CC(F)(F)F)CC1(CN)CCOC1. The van der Waals surface area contributed by atoms with Gasteiger partial charge in [0, 0.05) is 25.1 Å². The van der Waals surface area contributed by atoms with Crippen molar-refractivity contribution in [3.8, 4) is 0 Å². The molecule has 0 saturated carbocycles. The molecule has 96 valence electrons. The lowest BCUT2D eigenvalue weighted by Gasteiger charge is -2.33. The lowest BCUT2D eigenvalue weighted by Crippen LogP contribution is -2.46. The van der Waals surface area contributed by atoms with E-state index in [1.54, 1.807) is 6.92 Å². The molecule has 1 heterocycles. The summed E-state index contributed by atoms with van der Waals surface area (Å²) in [6.07, 6.45) is -3.40. The van der Waals surface area contributed by atoms with Crippen LogP contribution in [0.5, 0.6) is 0 Å². The maximum Gasteiger partial charge on any atom is 0.401 e. The number of rotatable bonds is 5. The summed E-state index contributed by atoms with van der Waals surface area (Å²) in [4.78, 5) is 1.39. The molecule has 1 fully saturated rings. The van der Waals surface area contributed by atoms with Gasteiger partial charge >= 0.3 is 6.18 Å². The molecule has 0 amide bonds. The molecule has 1 saturated heterocycles. The first kappa shape index (κ1) is 13.7. The van der Waals surface area contributed by atoms with Crippen molar-refractivity contribution in [3.63, 3.8) is 0 Å². The minimum atomic E-state index is -4.15. The van der Waals surface area contributed by atoms with Crippen LogP contribution < -0.4 is 5.73 Å². The first-order valence-corrected chi connectivity index (χ1v) is 5.48. The van der Waals surface area contributed by atoms with Gasteiger partial charge in [-0.2, -0.15) is 13.2 Å². The molecule has 0 aromatic heterocycles. The largest absolute Gasteiger partial charge is 0.401 e. The molecule has 1 aliphatic rings. The summed E-state index contributed by atoms with van der Waals surface area (Å²) in [6.45, 7) is 3.04. The van der Waals surface area contributed by atoms with Gasteiger partial charge < -0.3 is 10.5 Å². The standard InChI is InChI=1S/C10H19F3N2O/c1-2-15(7-10(11,12)13)6-9(5-14)3-4-16-8-9/h2-8,14H2,1H3. The summed E-state index contributed by atoms with van der Waals surface area (Å²) in [6, 6.07) is 0. The summed E-state index contributed by atoms with van der Waals surface area (Å²) in [5, 5.41) is 0. The zero-order valence-corrected chi connectivity index (χ0v) is 9.52. The van der Waals surface area contributed by atoms with Crippen LogP contribution in [0.1, 0.15) is 13.3 Å². The molecule has 0 aromatic rings. The molecule has 0 aromatic carbocycles. The van der Waals surface area contributed by atoms with E-state index < -0.39 is 12.7 Å². The van der Waals surface area contributed by atoms with Crippen LogP contribution in [-0.4, -0.2) is 50.5 Å². The molecular formula is C10H19F3N2O. The molecule has 0 radical (unpaired) electrons. The minimum absolute atomic E-state index is 0.290. The average molecular weight is 240 g/mol. The summed E-state index contributed by atoms with van der Waals surface area (Å²) < 4.78 is 42.1. The van der Waals surface area contributed by atoms with Gasteiger partial charge in [0.2, 0.25) is 0 Å². The van der Waals surface area contributed by atoms with Crippen LogP contribution in [0.4, 0.5) is 13.2 Å². The Hall–Kier alpha value is -0.330. The van der Waals surface area contributed by atoms with Gasteiger partial charge in [-0.15, -0.1) is 0 Å². The number of hydrogen-bond acceptors (Lipinski definition) is 3. The predicted octanol–water partition coefficient (Wildman–Crippen LogP) is 1.24. The second-order valence-corrected chi connectivity index (χ2v) is 4.43. The van der Waals surface area contributed by atoms with Crippen LogP contribution in [0.3, 0.4) is 0 Å². The topological polar surface area (TPSA) is 38.5 Å². The Kier molecular flexibility index (Phi) is 4.58. The second-order valence-electron chi connectivity index (χ2n) is 4.43. The predicted molar refractivity (Wildman–Crippen MR) is 55.1 cm³/mol. The summed E-state index contributed by atoms with van der Waals surface area (Å²) >= 11 is 0. The fraction of sp³-hybridized carbons (Fsp3) is 1.00. The average Bonchev–Trinajstić information content (AvgIpc) is 2.64. The van der Waals surface area contributed by atoms with E-state index in [-0.39, 0.29) is 5.41 Å². The zero-order valence-electron chi connectivity index (χ0n) is 9.52. The van der Waals surface area contributed by atoms with Crippen molar-refractivity contribution in [3.05, 3.63) is 0 Å². The van der Waals surface area contributed by atoms with Crippen LogP contribution in [0.15, 0.2) is 0 Å². The third-order valence-corrected chi connectivity index (χ3v) is 3.03. The lowest BCUT2D eigenvalue weighted by molar-refractivity contribution is -0.148. The zero-order chi connectivity index (χ0) is 12.2.